The summed E-state index contributed by atoms with van der Waals surface area (Å²) in [6.07, 6.45) is 6.29. The smallest absolute Gasteiger partial charge is 0.130 e. The molecule has 1 aliphatic carbocycles. The second-order valence-electron chi connectivity index (χ2n) is 5.17. The van der Waals surface area contributed by atoms with Crippen molar-refractivity contribution in [3.63, 3.8) is 0 Å². The first-order valence-corrected chi connectivity index (χ1v) is 6.73. The summed E-state index contributed by atoms with van der Waals surface area (Å²) in [4.78, 5) is 4.20. The van der Waals surface area contributed by atoms with E-state index in [9.17, 15) is 0 Å². The van der Waals surface area contributed by atoms with Crippen molar-refractivity contribution in [3.05, 3.63) is 48.0 Å². The van der Waals surface area contributed by atoms with Gasteiger partial charge in [-0.2, -0.15) is 0 Å². The molecule has 0 aliphatic heterocycles. The first-order valence-electron chi connectivity index (χ1n) is 6.73. The summed E-state index contributed by atoms with van der Waals surface area (Å²) < 4.78 is 8.02. The van der Waals surface area contributed by atoms with Gasteiger partial charge in [0.25, 0.3) is 0 Å². The minimum absolute atomic E-state index is 0.0605. The van der Waals surface area contributed by atoms with Crippen LogP contribution in [0.15, 0.2) is 36.8 Å². The van der Waals surface area contributed by atoms with Crippen LogP contribution in [0.25, 0.3) is 0 Å². The van der Waals surface area contributed by atoms with E-state index in [1.54, 1.807) is 0 Å². The van der Waals surface area contributed by atoms with Crippen LogP contribution in [0.4, 0.5) is 0 Å². The Labute approximate surface area is 113 Å². The highest BCUT2D eigenvalue weighted by molar-refractivity contribution is 5.28. The van der Waals surface area contributed by atoms with Crippen molar-refractivity contribution < 1.29 is 4.74 Å². The number of nitrogens with two attached hydrogens (primary N) is 1. The summed E-state index contributed by atoms with van der Waals surface area (Å²) in [5.41, 5.74) is 8.08. The van der Waals surface area contributed by atoms with Gasteiger partial charge in [0, 0.05) is 12.1 Å². The van der Waals surface area contributed by atoms with Gasteiger partial charge < -0.3 is 15.0 Å². The number of rotatable bonds is 5. The van der Waals surface area contributed by atoms with E-state index in [0.29, 0.717) is 12.6 Å². The molecule has 0 saturated heterocycles. The minimum Gasteiger partial charge on any atom is -0.487 e. The zero-order valence-electron chi connectivity index (χ0n) is 11.1. The van der Waals surface area contributed by atoms with Crippen LogP contribution in [-0.4, -0.2) is 9.55 Å². The van der Waals surface area contributed by atoms with Crippen LogP contribution < -0.4 is 10.5 Å². The molecular formula is C15H19N3O. The third-order valence-electron chi connectivity index (χ3n) is 3.48. The molecule has 1 fully saturated rings. The molecule has 4 heteroatoms. The van der Waals surface area contributed by atoms with Crippen molar-refractivity contribution in [3.8, 4) is 5.75 Å². The van der Waals surface area contributed by atoms with Gasteiger partial charge in [0.2, 0.25) is 0 Å². The molecular weight excluding hydrogens is 238 g/mol. The zero-order chi connectivity index (χ0) is 13.2. The Morgan fingerprint density at radius 2 is 2.11 bits per heavy atom. The average Bonchev–Trinajstić information content (AvgIpc) is 3.16. The first-order chi connectivity index (χ1) is 9.24. The molecule has 0 unspecified atom stereocenters. The predicted molar refractivity (Wildman–Crippen MR) is 73.9 cm³/mol. The van der Waals surface area contributed by atoms with Crippen molar-refractivity contribution in [2.45, 2.75) is 38.5 Å². The Morgan fingerprint density at radius 1 is 1.37 bits per heavy atom. The van der Waals surface area contributed by atoms with Gasteiger partial charge in [-0.1, -0.05) is 12.1 Å². The highest BCUT2D eigenvalue weighted by Crippen LogP contribution is 2.35. The fraction of sp³-hybridized carbons (Fsp3) is 0.400. The summed E-state index contributed by atoms with van der Waals surface area (Å²) in [5.74, 6) is 0.868. The van der Waals surface area contributed by atoms with Gasteiger partial charge >= 0.3 is 0 Å². The number of nitrogens with zero attached hydrogens (tertiary/aromatic N) is 2. The van der Waals surface area contributed by atoms with Gasteiger partial charge in [0.15, 0.2) is 0 Å². The SMILES string of the molecule is C[C@@H](N)c1ccc(OCc2cncn2C2CC2)cc1. The highest BCUT2D eigenvalue weighted by Gasteiger charge is 2.25. The lowest BCUT2D eigenvalue weighted by Gasteiger charge is -2.10. The Morgan fingerprint density at radius 3 is 2.74 bits per heavy atom. The molecule has 1 atom stereocenters. The van der Waals surface area contributed by atoms with Crippen LogP contribution >= 0.6 is 0 Å². The van der Waals surface area contributed by atoms with Crippen molar-refractivity contribution in [2.24, 2.45) is 5.73 Å². The van der Waals surface area contributed by atoms with Gasteiger partial charge in [-0.25, -0.2) is 4.98 Å². The fourth-order valence-corrected chi connectivity index (χ4v) is 2.15. The molecule has 4 nitrogen and oxygen atoms in total. The lowest BCUT2D eigenvalue weighted by atomic mass is 10.1. The summed E-state index contributed by atoms with van der Waals surface area (Å²) in [6, 6.07) is 8.66. The van der Waals surface area contributed by atoms with Crippen LogP contribution in [0.2, 0.25) is 0 Å². The fourth-order valence-electron chi connectivity index (χ4n) is 2.15. The predicted octanol–water partition coefficient (Wildman–Crippen LogP) is 2.82. The molecule has 3 rings (SSSR count). The van der Waals surface area contributed by atoms with E-state index in [-0.39, 0.29) is 6.04 Å². The molecule has 1 heterocycles. The van der Waals surface area contributed by atoms with Gasteiger partial charge in [-0.05, 0) is 37.5 Å². The summed E-state index contributed by atoms with van der Waals surface area (Å²) in [5, 5.41) is 0. The Kier molecular flexibility index (Phi) is 3.25. The number of aromatic nitrogens is 2. The second kappa shape index (κ2) is 5.05. The summed E-state index contributed by atoms with van der Waals surface area (Å²) in [7, 11) is 0. The largest absolute Gasteiger partial charge is 0.487 e. The third-order valence-corrected chi connectivity index (χ3v) is 3.48. The quantitative estimate of drug-likeness (QED) is 0.896. The number of benzene rings is 1. The molecule has 100 valence electrons. The number of hydrogen-bond donors (Lipinski definition) is 1. The molecule has 0 amide bonds. The Bertz CT molecular complexity index is 541. The highest BCUT2D eigenvalue weighted by atomic mass is 16.5. The number of hydrogen-bond acceptors (Lipinski definition) is 3. The van der Waals surface area contributed by atoms with Crippen molar-refractivity contribution in [2.75, 3.05) is 0 Å². The van der Waals surface area contributed by atoms with E-state index in [1.807, 2.05) is 43.7 Å². The van der Waals surface area contributed by atoms with E-state index in [4.69, 9.17) is 10.5 Å². The van der Waals surface area contributed by atoms with Gasteiger partial charge in [0.1, 0.15) is 12.4 Å². The van der Waals surface area contributed by atoms with E-state index < -0.39 is 0 Å². The first kappa shape index (κ1) is 12.2. The maximum Gasteiger partial charge on any atom is 0.130 e. The standard InChI is InChI=1S/C15H19N3O/c1-11(16)12-2-6-15(7-3-12)19-9-14-8-17-10-18(14)13-4-5-13/h2-3,6-8,10-11,13H,4-5,9,16H2,1H3/t11-/m1/s1. The van der Waals surface area contributed by atoms with Crippen LogP contribution in [0.3, 0.4) is 0 Å². The molecule has 0 bridgehead atoms. The van der Waals surface area contributed by atoms with Gasteiger partial charge in [-0.15, -0.1) is 0 Å². The van der Waals surface area contributed by atoms with E-state index in [2.05, 4.69) is 9.55 Å². The molecule has 19 heavy (non-hydrogen) atoms. The van der Waals surface area contributed by atoms with Crippen LogP contribution in [-0.2, 0) is 6.61 Å². The molecule has 1 aromatic heterocycles. The lowest BCUT2D eigenvalue weighted by molar-refractivity contribution is 0.295. The minimum atomic E-state index is 0.0605. The molecule has 1 aromatic carbocycles. The molecule has 2 N–H and O–H groups in total. The normalized spacial score (nSPS) is 16.3. The third kappa shape index (κ3) is 2.79. The molecule has 0 spiro atoms. The summed E-state index contributed by atoms with van der Waals surface area (Å²) in [6.45, 7) is 2.54. The number of imidazole rings is 1. The van der Waals surface area contributed by atoms with Gasteiger partial charge in [0.05, 0.1) is 18.2 Å². The van der Waals surface area contributed by atoms with Crippen molar-refractivity contribution >= 4 is 0 Å². The topological polar surface area (TPSA) is 53.1 Å². The Balaban J connectivity index is 1.63. The maximum absolute atomic E-state index is 5.82. The van der Waals surface area contributed by atoms with Crippen LogP contribution in [0.1, 0.15) is 43.1 Å². The Hall–Kier alpha value is -1.81. The van der Waals surface area contributed by atoms with E-state index in [0.717, 1.165) is 17.0 Å². The van der Waals surface area contributed by atoms with Crippen LogP contribution in [0, 0.1) is 0 Å². The monoisotopic (exact) mass is 257 g/mol. The second-order valence-corrected chi connectivity index (χ2v) is 5.17. The zero-order valence-corrected chi connectivity index (χ0v) is 11.1. The van der Waals surface area contributed by atoms with Crippen LogP contribution in [0.5, 0.6) is 5.75 Å². The number of ether oxygens (including phenoxy) is 1. The molecule has 1 saturated carbocycles. The molecule has 1 aliphatic rings. The van der Waals surface area contributed by atoms with Crippen molar-refractivity contribution in [1.29, 1.82) is 0 Å². The van der Waals surface area contributed by atoms with Crippen molar-refractivity contribution in [1.82, 2.24) is 9.55 Å². The average molecular weight is 257 g/mol. The maximum atomic E-state index is 5.82. The lowest BCUT2D eigenvalue weighted by Crippen LogP contribution is -2.05. The molecule has 0 radical (unpaired) electrons. The van der Waals surface area contributed by atoms with Gasteiger partial charge in [-0.3, -0.25) is 0 Å². The van der Waals surface area contributed by atoms with E-state index in [1.165, 1.54) is 12.8 Å². The molecule has 2 aromatic rings. The van der Waals surface area contributed by atoms with E-state index >= 15 is 0 Å². The summed E-state index contributed by atoms with van der Waals surface area (Å²) >= 11 is 0.